The van der Waals surface area contributed by atoms with Crippen LogP contribution in [-0.4, -0.2) is 16.0 Å². The second-order valence-electron chi connectivity index (χ2n) is 5.60. The first-order chi connectivity index (χ1) is 9.56. The summed E-state index contributed by atoms with van der Waals surface area (Å²) < 4.78 is 0. The van der Waals surface area contributed by atoms with Crippen molar-refractivity contribution >= 4 is 11.3 Å². The molecular weight excluding hydrogens is 266 g/mol. The van der Waals surface area contributed by atoms with Gasteiger partial charge in [-0.3, -0.25) is 4.98 Å². The fourth-order valence-electron chi connectivity index (χ4n) is 2.02. The van der Waals surface area contributed by atoms with Crippen LogP contribution < -0.4 is 5.32 Å². The molecule has 0 spiro atoms. The van der Waals surface area contributed by atoms with Gasteiger partial charge in [0.2, 0.25) is 0 Å². The molecule has 0 unspecified atom stereocenters. The van der Waals surface area contributed by atoms with Gasteiger partial charge < -0.3 is 5.32 Å². The Morgan fingerprint density at radius 2 is 2.00 bits per heavy atom. The molecule has 0 aliphatic rings. The van der Waals surface area contributed by atoms with E-state index in [9.17, 15) is 0 Å². The van der Waals surface area contributed by atoms with E-state index in [-0.39, 0.29) is 0 Å². The van der Waals surface area contributed by atoms with Gasteiger partial charge in [-0.05, 0) is 18.1 Å². The van der Waals surface area contributed by atoms with Crippen LogP contribution in [0, 0.1) is 0 Å². The fraction of sp³-hybridized carbons (Fsp3) is 0.500. The molecule has 0 aliphatic carbocycles. The van der Waals surface area contributed by atoms with E-state index >= 15 is 0 Å². The zero-order valence-corrected chi connectivity index (χ0v) is 13.5. The standard InChI is InChI=1S/C16H23N3S/c1-11(2)16-14(10-18-12(3)4)20-15(19-16)9-13-7-5-6-8-17-13/h5-8,11-12,18H,9-10H2,1-4H3. The monoisotopic (exact) mass is 289 g/mol. The number of hydrogen-bond acceptors (Lipinski definition) is 4. The minimum atomic E-state index is 0.465. The maximum atomic E-state index is 4.82. The van der Waals surface area contributed by atoms with Crippen LogP contribution >= 0.6 is 11.3 Å². The molecule has 0 radical (unpaired) electrons. The normalized spacial score (nSPS) is 11.5. The zero-order chi connectivity index (χ0) is 14.5. The SMILES string of the molecule is CC(C)NCc1sc(Cc2ccccn2)nc1C(C)C. The average molecular weight is 289 g/mol. The van der Waals surface area contributed by atoms with Crippen molar-refractivity contribution in [3.05, 3.63) is 45.7 Å². The predicted octanol–water partition coefficient (Wildman–Crippen LogP) is 3.75. The van der Waals surface area contributed by atoms with Gasteiger partial charge in [-0.1, -0.05) is 33.8 Å². The molecule has 2 rings (SSSR count). The van der Waals surface area contributed by atoms with Crippen molar-refractivity contribution in [2.24, 2.45) is 0 Å². The molecule has 2 heterocycles. The molecule has 2 aromatic heterocycles. The average Bonchev–Trinajstić information content (AvgIpc) is 2.81. The van der Waals surface area contributed by atoms with Crippen molar-refractivity contribution in [1.29, 1.82) is 0 Å². The van der Waals surface area contributed by atoms with E-state index in [4.69, 9.17) is 4.98 Å². The number of thiazole rings is 1. The predicted molar refractivity (Wildman–Crippen MR) is 85.2 cm³/mol. The lowest BCUT2D eigenvalue weighted by atomic mass is 10.1. The summed E-state index contributed by atoms with van der Waals surface area (Å²) in [6, 6.07) is 6.53. The van der Waals surface area contributed by atoms with E-state index in [2.05, 4.69) is 44.1 Å². The summed E-state index contributed by atoms with van der Waals surface area (Å²) in [7, 11) is 0. The Balaban J connectivity index is 2.16. The highest BCUT2D eigenvalue weighted by Gasteiger charge is 2.14. The molecule has 3 nitrogen and oxygen atoms in total. The van der Waals surface area contributed by atoms with E-state index in [0.29, 0.717) is 12.0 Å². The van der Waals surface area contributed by atoms with Crippen LogP contribution in [0.1, 0.15) is 54.9 Å². The molecule has 0 bridgehead atoms. The molecule has 0 aromatic carbocycles. The van der Waals surface area contributed by atoms with Gasteiger partial charge in [0.25, 0.3) is 0 Å². The molecule has 2 aromatic rings. The van der Waals surface area contributed by atoms with Gasteiger partial charge in [0.05, 0.1) is 10.7 Å². The molecule has 0 aliphatic heterocycles. The third-order valence-electron chi connectivity index (χ3n) is 3.05. The summed E-state index contributed by atoms with van der Waals surface area (Å²) in [4.78, 5) is 10.6. The number of hydrogen-bond donors (Lipinski definition) is 1. The topological polar surface area (TPSA) is 37.8 Å². The zero-order valence-electron chi connectivity index (χ0n) is 12.7. The Hall–Kier alpha value is -1.26. The van der Waals surface area contributed by atoms with Gasteiger partial charge in [-0.15, -0.1) is 11.3 Å². The Morgan fingerprint density at radius 3 is 2.60 bits per heavy atom. The number of nitrogens with zero attached hydrogens (tertiary/aromatic N) is 2. The highest BCUT2D eigenvalue weighted by Crippen LogP contribution is 2.26. The summed E-state index contributed by atoms with van der Waals surface area (Å²) in [5.41, 5.74) is 2.31. The molecule has 0 fully saturated rings. The van der Waals surface area contributed by atoms with Crippen molar-refractivity contribution < 1.29 is 0 Å². The van der Waals surface area contributed by atoms with Gasteiger partial charge in [0.1, 0.15) is 0 Å². The van der Waals surface area contributed by atoms with Gasteiger partial charge in [0.15, 0.2) is 0 Å². The van der Waals surface area contributed by atoms with Gasteiger partial charge in [0, 0.05) is 35.8 Å². The summed E-state index contributed by atoms with van der Waals surface area (Å²) in [5, 5.41) is 4.65. The molecule has 108 valence electrons. The minimum Gasteiger partial charge on any atom is -0.310 e. The Morgan fingerprint density at radius 1 is 1.20 bits per heavy atom. The summed E-state index contributed by atoms with van der Waals surface area (Å²) in [5.74, 6) is 0.465. The number of nitrogens with one attached hydrogen (secondary N) is 1. The highest BCUT2D eigenvalue weighted by atomic mass is 32.1. The molecule has 0 atom stereocenters. The maximum absolute atomic E-state index is 4.82. The largest absolute Gasteiger partial charge is 0.310 e. The Bertz CT molecular complexity index is 532. The Kier molecular flexibility index (Phi) is 5.26. The molecule has 1 N–H and O–H groups in total. The second kappa shape index (κ2) is 6.95. The van der Waals surface area contributed by atoms with Crippen LogP contribution in [0.4, 0.5) is 0 Å². The molecule has 0 saturated carbocycles. The van der Waals surface area contributed by atoms with Crippen molar-refractivity contribution in [3.8, 4) is 0 Å². The lowest BCUT2D eigenvalue weighted by Gasteiger charge is -2.09. The van der Waals surface area contributed by atoms with Crippen molar-refractivity contribution in [2.45, 2.75) is 52.6 Å². The Labute approximate surface area is 125 Å². The van der Waals surface area contributed by atoms with Crippen LogP contribution in [0.25, 0.3) is 0 Å². The van der Waals surface area contributed by atoms with Gasteiger partial charge in [-0.25, -0.2) is 4.98 Å². The van der Waals surface area contributed by atoms with Crippen LogP contribution in [0.3, 0.4) is 0 Å². The van der Waals surface area contributed by atoms with Crippen LogP contribution in [0.15, 0.2) is 24.4 Å². The maximum Gasteiger partial charge on any atom is 0.0991 e. The summed E-state index contributed by atoms with van der Waals surface area (Å²) in [6.07, 6.45) is 2.67. The van der Waals surface area contributed by atoms with E-state index in [1.165, 1.54) is 10.6 Å². The van der Waals surface area contributed by atoms with Crippen LogP contribution in [0.2, 0.25) is 0 Å². The van der Waals surface area contributed by atoms with Crippen molar-refractivity contribution in [1.82, 2.24) is 15.3 Å². The smallest absolute Gasteiger partial charge is 0.0991 e. The number of aromatic nitrogens is 2. The van der Waals surface area contributed by atoms with Crippen LogP contribution in [-0.2, 0) is 13.0 Å². The molecule has 4 heteroatoms. The summed E-state index contributed by atoms with van der Waals surface area (Å²) in [6.45, 7) is 9.66. The van der Waals surface area contributed by atoms with Crippen LogP contribution in [0.5, 0.6) is 0 Å². The first-order valence-electron chi connectivity index (χ1n) is 7.18. The van der Waals surface area contributed by atoms with Crippen molar-refractivity contribution in [2.75, 3.05) is 0 Å². The minimum absolute atomic E-state index is 0.465. The van der Waals surface area contributed by atoms with E-state index in [1.807, 2.05) is 29.7 Å². The third-order valence-corrected chi connectivity index (χ3v) is 4.12. The lowest BCUT2D eigenvalue weighted by molar-refractivity contribution is 0.588. The lowest BCUT2D eigenvalue weighted by Crippen LogP contribution is -2.22. The van der Waals surface area contributed by atoms with E-state index in [1.54, 1.807) is 0 Å². The van der Waals surface area contributed by atoms with Crippen molar-refractivity contribution in [3.63, 3.8) is 0 Å². The molecule has 0 saturated heterocycles. The van der Waals surface area contributed by atoms with E-state index in [0.717, 1.165) is 23.7 Å². The van der Waals surface area contributed by atoms with Gasteiger partial charge >= 0.3 is 0 Å². The summed E-state index contributed by atoms with van der Waals surface area (Å²) >= 11 is 1.81. The molecule has 0 amide bonds. The number of pyridine rings is 1. The van der Waals surface area contributed by atoms with E-state index < -0.39 is 0 Å². The highest BCUT2D eigenvalue weighted by molar-refractivity contribution is 7.11. The first-order valence-corrected chi connectivity index (χ1v) is 7.99. The van der Waals surface area contributed by atoms with Gasteiger partial charge in [-0.2, -0.15) is 0 Å². The fourth-order valence-corrected chi connectivity index (χ4v) is 3.21. The quantitative estimate of drug-likeness (QED) is 0.880. The molecular formula is C16H23N3S. The third kappa shape index (κ3) is 4.12. The molecule has 20 heavy (non-hydrogen) atoms. The number of rotatable bonds is 6. The first kappa shape index (κ1) is 15.1. The second-order valence-corrected chi connectivity index (χ2v) is 6.77.